The van der Waals surface area contributed by atoms with Crippen molar-refractivity contribution in [2.24, 2.45) is 0 Å². The Balaban J connectivity index is 1.56. The highest BCUT2D eigenvalue weighted by molar-refractivity contribution is 5.94. The third-order valence-electron chi connectivity index (χ3n) is 3.90. The number of carbonyl (C=O) groups excluding carboxylic acids is 2. The molecular weight excluding hydrogens is 334 g/mol. The average molecular weight is 355 g/mol. The maximum atomic E-state index is 12.2. The number of ether oxygens (including phenoxy) is 3. The second kappa shape index (κ2) is 8.38. The molecule has 0 spiro atoms. The first kappa shape index (κ1) is 17.8. The van der Waals surface area contributed by atoms with E-state index in [0.717, 1.165) is 17.1 Å². The van der Waals surface area contributed by atoms with Gasteiger partial charge in [0.25, 0.3) is 0 Å². The number of anilines is 1. The molecule has 6 nitrogen and oxygen atoms in total. The van der Waals surface area contributed by atoms with Crippen LogP contribution in [0.1, 0.15) is 29.3 Å². The van der Waals surface area contributed by atoms with E-state index < -0.39 is 5.97 Å². The number of hydrogen-bond donors (Lipinski definition) is 1. The molecule has 0 radical (unpaired) electrons. The molecule has 2 aromatic carbocycles. The number of amides is 1. The van der Waals surface area contributed by atoms with Crippen molar-refractivity contribution < 1.29 is 23.8 Å². The number of nitrogens with one attached hydrogen (secondary N) is 1. The summed E-state index contributed by atoms with van der Waals surface area (Å²) in [7, 11) is 0. The van der Waals surface area contributed by atoms with Crippen molar-refractivity contribution in [3.05, 3.63) is 53.6 Å². The summed E-state index contributed by atoms with van der Waals surface area (Å²) in [6.07, 6.45) is 0.906. The number of esters is 1. The van der Waals surface area contributed by atoms with E-state index in [1.54, 1.807) is 31.2 Å². The van der Waals surface area contributed by atoms with Crippen LogP contribution in [0.15, 0.2) is 42.5 Å². The topological polar surface area (TPSA) is 73.9 Å². The summed E-state index contributed by atoms with van der Waals surface area (Å²) < 4.78 is 16.0. The highest BCUT2D eigenvalue weighted by Crippen LogP contribution is 2.31. The Hall–Kier alpha value is -3.02. The molecule has 0 fully saturated rings. The number of fused-ring (bicyclic) bond motifs is 1. The Morgan fingerprint density at radius 2 is 1.88 bits per heavy atom. The lowest BCUT2D eigenvalue weighted by atomic mass is 10.1. The maximum absolute atomic E-state index is 12.2. The van der Waals surface area contributed by atoms with E-state index in [9.17, 15) is 9.59 Å². The summed E-state index contributed by atoms with van der Waals surface area (Å²) >= 11 is 0. The third kappa shape index (κ3) is 4.53. The van der Waals surface area contributed by atoms with Crippen molar-refractivity contribution in [3.63, 3.8) is 0 Å². The fourth-order valence-electron chi connectivity index (χ4n) is 2.66. The maximum Gasteiger partial charge on any atom is 0.338 e. The Morgan fingerprint density at radius 3 is 2.69 bits per heavy atom. The summed E-state index contributed by atoms with van der Waals surface area (Å²) in [6.45, 7) is 3.15. The molecule has 1 aliphatic heterocycles. The summed E-state index contributed by atoms with van der Waals surface area (Å²) in [6, 6.07) is 12.4. The lowest BCUT2D eigenvalue weighted by Crippen LogP contribution is -2.16. The number of carbonyl (C=O) groups is 2. The zero-order valence-corrected chi connectivity index (χ0v) is 14.6. The molecule has 0 aliphatic carbocycles. The van der Waals surface area contributed by atoms with Crippen LogP contribution in [0, 0.1) is 0 Å². The van der Waals surface area contributed by atoms with E-state index in [1.807, 2.05) is 18.2 Å². The van der Waals surface area contributed by atoms with Crippen LogP contribution in [0.4, 0.5) is 5.69 Å². The molecule has 1 heterocycles. The minimum Gasteiger partial charge on any atom is -0.486 e. The van der Waals surface area contributed by atoms with Gasteiger partial charge in [0.1, 0.15) is 13.2 Å². The van der Waals surface area contributed by atoms with Gasteiger partial charge in [-0.3, -0.25) is 4.79 Å². The van der Waals surface area contributed by atoms with Crippen LogP contribution in [-0.4, -0.2) is 31.7 Å². The minimum absolute atomic E-state index is 0.124. The second-order valence-corrected chi connectivity index (χ2v) is 5.83. The molecule has 0 saturated heterocycles. The summed E-state index contributed by atoms with van der Waals surface area (Å²) in [4.78, 5) is 24.0. The lowest BCUT2D eigenvalue weighted by Gasteiger charge is -2.18. The van der Waals surface area contributed by atoms with Crippen LogP contribution in [0.2, 0.25) is 0 Å². The van der Waals surface area contributed by atoms with E-state index in [2.05, 4.69) is 5.32 Å². The second-order valence-electron chi connectivity index (χ2n) is 5.83. The van der Waals surface area contributed by atoms with Crippen LogP contribution in [0.3, 0.4) is 0 Å². The molecule has 136 valence electrons. The van der Waals surface area contributed by atoms with E-state index in [4.69, 9.17) is 14.2 Å². The van der Waals surface area contributed by atoms with Gasteiger partial charge in [0.15, 0.2) is 11.5 Å². The van der Waals surface area contributed by atoms with Crippen molar-refractivity contribution in [1.82, 2.24) is 0 Å². The molecule has 0 bridgehead atoms. The zero-order chi connectivity index (χ0) is 18.4. The van der Waals surface area contributed by atoms with Gasteiger partial charge in [0, 0.05) is 12.1 Å². The molecular formula is C20H21NO5. The van der Waals surface area contributed by atoms with Crippen LogP contribution >= 0.6 is 0 Å². The Bertz CT molecular complexity index is 803. The molecule has 1 aliphatic rings. The quantitative estimate of drug-likeness (QED) is 0.806. The SMILES string of the molecule is CCOC(=O)c1cccc(NC(=O)CCc2ccc3c(c2)OCCO3)c1. The van der Waals surface area contributed by atoms with Crippen molar-refractivity contribution in [2.75, 3.05) is 25.1 Å². The Labute approximate surface area is 152 Å². The lowest BCUT2D eigenvalue weighted by molar-refractivity contribution is -0.116. The van der Waals surface area contributed by atoms with Crippen molar-refractivity contribution >= 4 is 17.6 Å². The standard InChI is InChI=1S/C20H21NO5/c1-2-24-20(23)15-4-3-5-16(13-15)21-19(22)9-7-14-6-8-17-18(12-14)26-11-10-25-17/h3-6,8,12-13H,2,7,9-11H2,1H3,(H,21,22). The largest absolute Gasteiger partial charge is 0.486 e. The number of aryl methyl sites for hydroxylation is 1. The van der Waals surface area contributed by atoms with Crippen LogP contribution in [0.25, 0.3) is 0 Å². The monoisotopic (exact) mass is 355 g/mol. The highest BCUT2D eigenvalue weighted by atomic mass is 16.6. The van der Waals surface area contributed by atoms with Gasteiger partial charge in [-0.25, -0.2) is 4.79 Å². The van der Waals surface area contributed by atoms with Gasteiger partial charge in [-0.05, 0) is 49.2 Å². The van der Waals surface area contributed by atoms with Gasteiger partial charge in [0.05, 0.1) is 12.2 Å². The number of rotatable bonds is 6. The molecule has 1 amide bonds. The van der Waals surface area contributed by atoms with E-state index in [1.165, 1.54) is 0 Å². The summed E-state index contributed by atoms with van der Waals surface area (Å²) in [5, 5.41) is 2.81. The number of hydrogen-bond acceptors (Lipinski definition) is 5. The first-order chi connectivity index (χ1) is 12.7. The van der Waals surface area contributed by atoms with Gasteiger partial charge >= 0.3 is 5.97 Å². The number of benzene rings is 2. The normalized spacial score (nSPS) is 12.3. The molecule has 26 heavy (non-hydrogen) atoms. The summed E-state index contributed by atoms with van der Waals surface area (Å²) in [5.74, 6) is 0.928. The van der Waals surface area contributed by atoms with Gasteiger partial charge in [-0.2, -0.15) is 0 Å². The third-order valence-corrected chi connectivity index (χ3v) is 3.90. The zero-order valence-electron chi connectivity index (χ0n) is 14.6. The van der Waals surface area contributed by atoms with Crippen LogP contribution in [-0.2, 0) is 16.0 Å². The predicted octanol–water partition coefficient (Wildman–Crippen LogP) is 3.21. The van der Waals surface area contributed by atoms with E-state index in [-0.39, 0.29) is 5.91 Å². The molecule has 0 atom stereocenters. The Morgan fingerprint density at radius 1 is 1.08 bits per heavy atom. The fourth-order valence-corrected chi connectivity index (χ4v) is 2.66. The molecule has 1 N–H and O–H groups in total. The first-order valence-corrected chi connectivity index (χ1v) is 8.61. The molecule has 3 rings (SSSR count). The van der Waals surface area contributed by atoms with Crippen LogP contribution in [0.5, 0.6) is 11.5 Å². The molecule has 0 unspecified atom stereocenters. The van der Waals surface area contributed by atoms with Gasteiger partial charge in [-0.1, -0.05) is 12.1 Å². The molecule has 0 aromatic heterocycles. The smallest absolute Gasteiger partial charge is 0.338 e. The minimum atomic E-state index is -0.403. The van der Waals surface area contributed by atoms with Gasteiger partial charge in [-0.15, -0.1) is 0 Å². The highest BCUT2D eigenvalue weighted by Gasteiger charge is 2.13. The van der Waals surface area contributed by atoms with Crippen molar-refractivity contribution in [3.8, 4) is 11.5 Å². The fraction of sp³-hybridized carbons (Fsp3) is 0.300. The average Bonchev–Trinajstić information content (AvgIpc) is 2.66. The van der Waals surface area contributed by atoms with Gasteiger partial charge < -0.3 is 19.5 Å². The van der Waals surface area contributed by atoms with E-state index >= 15 is 0 Å². The molecule has 2 aromatic rings. The van der Waals surface area contributed by atoms with E-state index in [0.29, 0.717) is 43.9 Å². The predicted molar refractivity (Wildman–Crippen MR) is 96.8 cm³/mol. The molecule has 6 heteroatoms. The van der Waals surface area contributed by atoms with Crippen molar-refractivity contribution in [1.29, 1.82) is 0 Å². The van der Waals surface area contributed by atoms with Gasteiger partial charge in [0.2, 0.25) is 5.91 Å². The van der Waals surface area contributed by atoms with Crippen molar-refractivity contribution in [2.45, 2.75) is 19.8 Å². The first-order valence-electron chi connectivity index (χ1n) is 8.61. The van der Waals surface area contributed by atoms with Crippen LogP contribution < -0.4 is 14.8 Å². The Kier molecular flexibility index (Phi) is 5.73. The molecule has 0 saturated carbocycles. The summed E-state index contributed by atoms with van der Waals surface area (Å²) in [5.41, 5.74) is 1.99.